The van der Waals surface area contributed by atoms with E-state index in [1.807, 2.05) is 4.90 Å². The van der Waals surface area contributed by atoms with Crippen molar-refractivity contribution in [3.05, 3.63) is 0 Å². The monoisotopic (exact) mass is 390 g/mol. The molecule has 1 saturated carbocycles. The van der Waals surface area contributed by atoms with E-state index in [0.717, 1.165) is 36.9 Å². The second-order valence-corrected chi connectivity index (χ2v) is 12.3. The molecule has 0 radical (unpaired) electrons. The smallest absolute Gasteiger partial charge is 0.219 e. The average molecular weight is 391 g/mol. The molecular formula is C25H46N2O. The van der Waals surface area contributed by atoms with Gasteiger partial charge >= 0.3 is 0 Å². The normalized spacial score (nSPS) is 28.6. The van der Waals surface area contributed by atoms with Gasteiger partial charge in [-0.25, -0.2) is 0 Å². The summed E-state index contributed by atoms with van der Waals surface area (Å²) in [5.74, 6) is 2.96. The van der Waals surface area contributed by atoms with Gasteiger partial charge in [0, 0.05) is 26.1 Å². The van der Waals surface area contributed by atoms with Crippen LogP contribution in [0.15, 0.2) is 0 Å². The Hall–Kier alpha value is -0.570. The van der Waals surface area contributed by atoms with E-state index < -0.39 is 0 Å². The Morgan fingerprint density at radius 2 is 1.36 bits per heavy atom. The van der Waals surface area contributed by atoms with Crippen LogP contribution in [0.5, 0.6) is 0 Å². The second-order valence-electron chi connectivity index (χ2n) is 12.3. The molecule has 1 aliphatic carbocycles. The van der Waals surface area contributed by atoms with Crippen LogP contribution < -0.4 is 0 Å². The van der Waals surface area contributed by atoms with Crippen molar-refractivity contribution in [3.63, 3.8) is 0 Å². The fourth-order valence-corrected chi connectivity index (χ4v) is 6.28. The van der Waals surface area contributed by atoms with Gasteiger partial charge in [-0.15, -0.1) is 0 Å². The lowest BCUT2D eigenvalue weighted by Gasteiger charge is -2.37. The molecule has 3 heteroatoms. The quantitative estimate of drug-likeness (QED) is 0.590. The fraction of sp³-hybridized carbons (Fsp3) is 0.960. The standard InChI is InChI=1S/C25H46N2O/c1-19(28)26-11-7-21(8-12-26)17-25(5,6)18-22-15-23(22)27-13-9-20(10-14-27)16-24(2,3)4/h20-23H,7-18H2,1-6H3. The molecule has 0 bridgehead atoms. The van der Waals surface area contributed by atoms with Crippen LogP contribution >= 0.6 is 0 Å². The van der Waals surface area contributed by atoms with Gasteiger partial charge in [0.15, 0.2) is 0 Å². The van der Waals surface area contributed by atoms with E-state index in [-0.39, 0.29) is 5.91 Å². The predicted octanol–water partition coefficient (Wildman–Crippen LogP) is 5.59. The number of hydrogen-bond donors (Lipinski definition) is 0. The number of hydrogen-bond acceptors (Lipinski definition) is 2. The van der Waals surface area contributed by atoms with Crippen LogP contribution in [-0.4, -0.2) is 47.9 Å². The summed E-state index contributed by atoms with van der Waals surface area (Å²) in [6.45, 7) is 18.5. The van der Waals surface area contributed by atoms with Crippen LogP contribution in [0.4, 0.5) is 0 Å². The number of rotatable bonds is 6. The Morgan fingerprint density at radius 1 is 0.821 bits per heavy atom. The molecule has 2 aliphatic heterocycles. The molecule has 0 aromatic rings. The lowest BCUT2D eigenvalue weighted by atomic mass is 9.75. The third kappa shape index (κ3) is 6.47. The highest BCUT2D eigenvalue weighted by atomic mass is 16.2. The maximum Gasteiger partial charge on any atom is 0.219 e. The minimum absolute atomic E-state index is 0.254. The minimum Gasteiger partial charge on any atom is -0.343 e. The summed E-state index contributed by atoms with van der Waals surface area (Å²) in [6.07, 6.45) is 10.8. The Labute approximate surface area is 174 Å². The van der Waals surface area contributed by atoms with E-state index in [4.69, 9.17) is 0 Å². The lowest BCUT2D eigenvalue weighted by molar-refractivity contribution is -0.130. The van der Waals surface area contributed by atoms with Gasteiger partial charge in [0.2, 0.25) is 5.91 Å². The first kappa shape index (κ1) is 22.1. The molecule has 0 N–H and O–H groups in total. The largest absolute Gasteiger partial charge is 0.343 e. The zero-order chi connectivity index (χ0) is 20.5. The van der Waals surface area contributed by atoms with Gasteiger partial charge in [0.25, 0.3) is 0 Å². The molecule has 3 rings (SSSR count). The van der Waals surface area contributed by atoms with Gasteiger partial charge in [0.05, 0.1) is 0 Å². The van der Waals surface area contributed by atoms with E-state index in [9.17, 15) is 4.79 Å². The molecule has 2 saturated heterocycles. The number of piperidine rings is 2. The zero-order valence-electron chi connectivity index (χ0n) is 19.6. The van der Waals surface area contributed by atoms with Crippen LogP contribution in [-0.2, 0) is 4.79 Å². The van der Waals surface area contributed by atoms with Crippen molar-refractivity contribution in [2.45, 2.75) is 99.0 Å². The van der Waals surface area contributed by atoms with Crippen molar-refractivity contribution in [2.24, 2.45) is 28.6 Å². The van der Waals surface area contributed by atoms with Crippen molar-refractivity contribution < 1.29 is 4.79 Å². The van der Waals surface area contributed by atoms with Crippen molar-refractivity contribution in [1.82, 2.24) is 9.80 Å². The number of carbonyl (C=O) groups is 1. The maximum absolute atomic E-state index is 11.5. The Bertz CT molecular complexity index is 519. The molecule has 3 aliphatic rings. The van der Waals surface area contributed by atoms with Crippen molar-refractivity contribution in [3.8, 4) is 0 Å². The number of carbonyl (C=O) groups excluding carboxylic acids is 1. The third-order valence-electron chi connectivity index (χ3n) is 7.62. The number of likely N-dealkylation sites (tertiary alicyclic amines) is 2. The first-order chi connectivity index (χ1) is 13.0. The molecule has 2 unspecified atom stereocenters. The third-order valence-corrected chi connectivity index (χ3v) is 7.62. The first-order valence-electron chi connectivity index (χ1n) is 12.0. The van der Waals surface area contributed by atoms with E-state index in [0.29, 0.717) is 10.8 Å². The summed E-state index contributed by atoms with van der Waals surface area (Å²) < 4.78 is 0. The molecule has 162 valence electrons. The fourth-order valence-electron chi connectivity index (χ4n) is 6.28. The topological polar surface area (TPSA) is 23.6 Å². The van der Waals surface area contributed by atoms with Gasteiger partial charge in [-0.1, -0.05) is 34.6 Å². The van der Waals surface area contributed by atoms with Gasteiger partial charge < -0.3 is 9.80 Å². The van der Waals surface area contributed by atoms with Gasteiger partial charge in [-0.2, -0.15) is 0 Å². The molecular weight excluding hydrogens is 344 g/mol. The average Bonchev–Trinajstić information content (AvgIpc) is 3.32. The number of amides is 1. The molecule has 0 aromatic carbocycles. The molecule has 0 aromatic heterocycles. The minimum atomic E-state index is 0.254. The second kappa shape index (κ2) is 8.66. The highest BCUT2D eigenvalue weighted by Gasteiger charge is 2.45. The first-order valence-corrected chi connectivity index (χ1v) is 12.0. The van der Waals surface area contributed by atoms with Crippen LogP contribution in [0.2, 0.25) is 0 Å². The molecule has 2 heterocycles. The van der Waals surface area contributed by atoms with Crippen LogP contribution in [0.1, 0.15) is 92.9 Å². The summed E-state index contributed by atoms with van der Waals surface area (Å²) in [7, 11) is 0. The molecule has 2 atom stereocenters. The molecule has 28 heavy (non-hydrogen) atoms. The summed E-state index contributed by atoms with van der Waals surface area (Å²) in [6, 6.07) is 0.884. The summed E-state index contributed by atoms with van der Waals surface area (Å²) in [4.78, 5) is 16.4. The van der Waals surface area contributed by atoms with Gasteiger partial charge in [0.1, 0.15) is 0 Å². The van der Waals surface area contributed by atoms with E-state index in [1.165, 1.54) is 64.5 Å². The van der Waals surface area contributed by atoms with E-state index in [1.54, 1.807) is 6.92 Å². The summed E-state index contributed by atoms with van der Waals surface area (Å²) >= 11 is 0. The van der Waals surface area contributed by atoms with Crippen molar-refractivity contribution in [2.75, 3.05) is 26.2 Å². The lowest BCUT2D eigenvalue weighted by Crippen LogP contribution is -2.38. The predicted molar refractivity (Wildman–Crippen MR) is 118 cm³/mol. The van der Waals surface area contributed by atoms with Crippen LogP contribution in [0.3, 0.4) is 0 Å². The van der Waals surface area contributed by atoms with Crippen LogP contribution in [0.25, 0.3) is 0 Å². The van der Waals surface area contributed by atoms with Crippen molar-refractivity contribution in [1.29, 1.82) is 0 Å². The van der Waals surface area contributed by atoms with E-state index >= 15 is 0 Å². The SMILES string of the molecule is CC(=O)N1CCC(CC(C)(C)CC2CC2N2CCC(CC(C)(C)C)CC2)CC1. The molecule has 3 nitrogen and oxygen atoms in total. The van der Waals surface area contributed by atoms with Crippen molar-refractivity contribution >= 4 is 5.91 Å². The maximum atomic E-state index is 11.5. The Morgan fingerprint density at radius 3 is 1.89 bits per heavy atom. The van der Waals surface area contributed by atoms with Crippen LogP contribution in [0, 0.1) is 28.6 Å². The zero-order valence-corrected chi connectivity index (χ0v) is 19.6. The summed E-state index contributed by atoms with van der Waals surface area (Å²) in [5, 5.41) is 0. The van der Waals surface area contributed by atoms with Gasteiger partial charge in [-0.3, -0.25) is 4.79 Å². The molecule has 0 spiro atoms. The highest BCUT2D eigenvalue weighted by molar-refractivity contribution is 5.73. The Balaban J connectivity index is 1.37. The van der Waals surface area contributed by atoms with E-state index in [2.05, 4.69) is 39.5 Å². The molecule has 1 amide bonds. The Kier molecular flexibility index (Phi) is 6.84. The highest BCUT2D eigenvalue weighted by Crippen LogP contribution is 2.48. The summed E-state index contributed by atoms with van der Waals surface area (Å²) in [5.41, 5.74) is 0.937. The van der Waals surface area contributed by atoms with Gasteiger partial charge in [-0.05, 0) is 93.0 Å². The molecule has 3 fully saturated rings. The number of nitrogens with zero attached hydrogens (tertiary/aromatic N) is 2.